The minimum absolute atomic E-state index is 0.00544. The van der Waals surface area contributed by atoms with Crippen LogP contribution >= 0.6 is 0 Å². The van der Waals surface area contributed by atoms with E-state index in [9.17, 15) is 4.79 Å². The van der Waals surface area contributed by atoms with Crippen molar-refractivity contribution in [2.45, 2.75) is 71.2 Å². The molecule has 1 fully saturated rings. The first-order valence-corrected chi connectivity index (χ1v) is 8.38. The molecule has 134 valence electrons. The van der Waals surface area contributed by atoms with E-state index >= 15 is 0 Å². The summed E-state index contributed by atoms with van der Waals surface area (Å²) >= 11 is 0. The summed E-state index contributed by atoms with van der Waals surface area (Å²) in [7, 11) is 1.60. The Hall–Kier alpha value is -1.66. The molecule has 0 atom stereocenters. The second-order valence-corrected chi connectivity index (χ2v) is 8.09. The van der Waals surface area contributed by atoms with Gasteiger partial charge in [0.25, 0.3) is 5.91 Å². The maximum atomic E-state index is 12.0. The second kappa shape index (κ2) is 6.69. The number of nitrogens with zero attached hydrogens (tertiary/aromatic N) is 1. The van der Waals surface area contributed by atoms with E-state index in [0.717, 1.165) is 24.1 Å². The van der Waals surface area contributed by atoms with Crippen LogP contribution in [-0.2, 0) is 11.3 Å². The number of hydrogen-bond acceptors (Lipinski definition) is 5. The predicted octanol–water partition coefficient (Wildman–Crippen LogP) is 2.36. The van der Waals surface area contributed by atoms with Crippen LogP contribution in [0, 0.1) is 6.92 Å². The highest BCUT2D eigenvalue weighted by molar-refractivity contribution is 5.99. The number of aromatic nitrogens is 1. The van der Waals surface area contributed by atoms with Gasteiger partial charge in [-0.3, -0.25) is 4.79 Å². The van der Waals surface area contributed by atoms with E-state index in [1.807, 2.05) is 13.0 Å². The van der Waals surface area contributed by atoms with Crippen molar-refractivity contribution in [1.82, 2.24) is 10.3 Å². The summed E-state index contributed by atoms with van der Waals surface area (Å²) in [6, 6.07) is 2.06. The lowest BCUT2D eigenvalue weighted by atomic mass is 9.79. The number of anilines is 1. The van der Waals surface area contributed by atoms with Crippen LogP contribution in [-0.4, -0.2) is 35.1 Å². The standard InChI is InChI=1S/C18H30N4O2/c1-11-7-12(10-24-6)14(15(19)23)16(20-11)21-13-8-17(2,3)22-18(4,5)9-13/h7,13,22H,8-10H2,1-6H3,(H2,19,23)(H,20,21). The van der Waals surface area contributed by atoms with Crippen LogP contribution in [0.25, 0.3) is 0 Å². The zero-order chi connectivity index (χ0) is 18.1. The van der Waals surface area contributed by atoms with Crippen molar-refractivity contribution in [2.75, 3.05) is 12.4 Å². The molecule has 0 aromatic carbocycles. The molecule has 2 rings (SSSR count). The topological polar surface area (TPSA) is 89.3 Å². The number of hydrogen-bond donors (Lipinski definition) is 3. The quantitative estimate of drug-likeness (QED) is 0.769. The summed E-state index contributed by atoms with van der Waals surface area (Å²) in [6.07, 6.45) is 1.87. The van der Waals surface area contributed by atoms with Crippen molar-refractivity contribution in [1.29, 1.82) is 0 Å². The lowest BCUT2D eigenvalue weighted by Gasteiger charge is -2.46. The summed E-state index contributed by atoms with van der Waals surface area (Å²) < 4.78 is 5.21. The Morgan fingerprint density at radius 1 is 1.38 bits per heavy atom. The molecule has 2 heterocycles. The van der Waals surface area contributed by atoms with Gasteiger partial charge in [0.15, 0.2) is 0 Å². The highest BCUT2D eigenvalue weighted by Crippen LogP contribution is 2.31. The number of nitrogens with one attached hydrogen (secondary N) is 2. The maximum Gasteiger partial charge on any atom is 0.252 e. The number of ether oxygens (including phenoxy) is 1. The Kier molecular flexibility index (Phi) is 5.20. The first kappa shape index (κ1) is 18.7. The molecule has 0 radical (unpaired) electrons. The molecular formula is C18H30N4O2. The fraction of sp³-hybridized carbons (Fsp3) is 0.667. The van der Waals surface area contributed by atoms with E-state index in [1.165, 1.54) is 0 Å². The van der Waals surface area contributed by atoms with Crippen LogP contribution in [0.1, 0.15) is 62.2 Å². The highest BCUT2D eigenvalue weighted by Gasteiger charge is 2.38. The third-order valence-electron chi connectivity index (χ3n) is 4.31. The third-order valence-corrected chi connectivity index (χ3v) is 4.31. The number of primary amides is 1. The molecule has 1 saturated heterocycles. The normalized spacial score (nSPS) is 19.9. The average Bonchev–Trinajstić information content (AvgIpc) is 2.33. The van der Waals surface area contributed by atoms with E-state index in [1.54, 1.807) is 7.11 Å². The largest absolute Gasteiger partial charge is 0.380 e. The number of carbonyl (C=O) groups excluding carboxylic acids is 1. The van der Waals surface area contributed by atoms with Crippen LogP contribution in [0.5, 0.6) is 0 Å². The number of methoxy groups -OCH3 is 1. The Morgan fingerprint density at radius 3 is 2.46 bits per heavy atom. The number of rotatable bonds is 5. The summed E-state index contributed by atoms with van der Waals surface area (Å²) in [5, 5.41) is 7.13. The number of nitrogens with two attached hydrogens (primary N) is 1. The minimum Gasteiger partial charge on any atom is -0.380 e. The molecule has 0 aliphatic carbocycles. The number of pyridine rings is 1. The Balaban J connectivity index is 2.36. The van der Waals surface area contributed by atoms with Gasteiger partial charge in [-0.25, -0.2) is 4.98 Å². The van der Waals surface area contributed by atoms with Crippen LogP contribution in [0.15, 0.2) is 6.07 Å². The fourth-order valence-corrected chi connectivity index (χ4v) is 4.01. The number of carbonyl (C=O) groups is 1. The molecule has 1 aromatic rings. The smallest absolute Gasteiger partial charge is 0.252 e. The lowest BCUT2D eigenvalue weighted by molar-refractivity contribution is 0.0995. The van der Waals surface area contributed by atoms with Gasteiger partial charge in [0.1, 0.15) is 5.82 Å². The van der Waals surface area contributed by atoms with Gasteiger partial charge in [0.05, 0.1) is 12.2 Å². The molecule has 1 amide bonds. The molecule has 1 aromatic heterocycles. The molecule has 6 heteroatoms. The van der Waals surface area contributed by atoms with Crippen LogP contribution < -0.4 is 16.4 Å². The van der Waals surface area contributed by atoms with Crippen molar-refractivity contribution in [2.24, 2.45) is 5.73 Å². The molecule has 4 N–H and O–H groups in total. The zero-order valence-electron chi connectivity index (χ0n) is 15.6. The van der Waals surface area contributed by atoms with Gasteiger partial charge >= 0.3 is 0 Å². The molecular weight excluding hydrogens is 304 g/mol. The zero-order valence-corrected chi connectivity index (χ0v) is 15.6. The molecule has 1 aliphatic heterocycles. The SMILES string of the molecule is COCc1cc(C)nc(NC2CC(C)(C)NC(C)(C)C2)c1C(N)=O. The maximum absolute atomic E-state index is 12.0. The Morgan fingerprint density at radius 2 is 1.96 bits per heavy atom. The van der Waals surface area contributed by atoms with E-state index in [0.29, 0.717) is 18.0 Å². The Bertz CT molecular complexity index is 610. The highest BCUT2D eigenvalue weighted by atomic mass is 16.5. The van der Waals surface area contributed by atoms with Crippen LogP contribution in [0.3, 0.4) is 0 Å². The van der Waals surface area contributed by atoms with Crippen molar-refractivity contribution in [3.8, 4) is 0 Å². The molecule has 0 spiro atoms. The van der Waals surface area contributed by atoms with Gasteiger partial charge in [0, 0.05) is 29.9 Å². The molecule has 6 nitrogen and oxygen atoms in total. The molecule has 0 saturated carbocycles. The predicted molar refractivity (Wildman–Crippen MR) is 96.1 cm³/mol. The van der Waals surface area contributed by atoms with Gasteiger partial charge in [-0.2, -0.15) is 0 Å². The summed E-state index contributed by atoms with van der Waals surface area (Å²) in [5.74, 6) is 0.0811. The van der Waals surface area contributed by atoms with Gasteiger partial charge in [-0.1, -0.05) is 0 Å². The monoisotopic (exact) mass is 334 g/mol. The molecule has 1 aliphatic rings. The summed E-state index contributed by atoms with van der Waals surface area (Å²) in [5.41, 5.74) is 7.66. The first-order valence-electron chi connectivity index (χ1n) is 8.38. The van der Waals surface area contributed by atoms with Gasteiger partial charge < -0.3 is 21.1 Å². The van der Waals surface area contributed by atoms with Crippen molar-refractivity contribution in [3.05, 3.63) is 22.9 Å². The number of amides is 1. The summed E-state index contributed by atoms with van der Waals surface area (Å²) in [4.78, 5) is 16.5. The first-order chi connectivity index (χ1) is 11.0. The van der Waals surface area contributed by atoms with E-state index in [4.69, 9.17) is 10.5 Å². The van der Waals surface area contributed by atoms with Crippen LogP contribution in [0.4, 0.5) is 5.82 Å². The van der Waals surface area contributed by atoms with Crippen molar-refractivity contribution in [3.63, 3.8) is 0 Å². The van der Waals surface area contributed by atoms with E-state index in [2.05, 4.69) is 43.3 Å². The minimum atomic E-state index is -0.482. The second-order valence-electron chi connectivity index (χ2n) is 8.09. The van der Waals surface area contributed by atoms with Gasteiger partial charge in [-0.05, 0) is 59.1 Å². The van der Waals surface area contributed by atoms with Gasteiger partial charge in [0.2, 0.25) is 0 Å². The number of piperidine rings is 1. The van der Waals surface area contributed by atoms with Gasteiger partial charge in [-0.15, -0.1) is 0 Å². The van der Waals surface area contributed by atoms with E-state index in [-0.39, 0.29) is 17.1 Å². The lowest BCUT2D eigenvalue weighted by Crippen LogP contribution is -2.60. The average molecular weight is 334 g/mol. The fourth-order valence-electron chi connectivity index (χ4n) is 4.01. The molecule has 24 heavy (non-hydrogen) atoms. The summed E-state index contributed by atoms with van der Waals surface area (Å²) in [6.45, 7) is 11.0. The number of aryl methyl sites for hydroxylation is 1. The third kappa shape index (κ3) is 4.45. The van der Waals surface area contributed by atoms with Crippen molar-refractivity contribution < 1.29 is 9.53 Å². The molecule has 0 bridgehead atoms. The Labute approximate surface area is 144 Å². The van der Waals surface area contributed by atoms with Crippen LogP contribution in [0.2, 0.25) is 0 Å². The molecule has 0 unspecified atom stereocenters. The van der Waals surface area contributed by atoms with Crippen molar-refractivity contribution >= 4 is 11.7 Å². The van der Waals surface area contributed by atoms with E-state index < -0.39 is 5.91 Å².